The molecule has 0 aliphatic carbocycles. The van der Waals surface area contributed by atoms with Crippen molar-refractivity contribution in [1.29, 1.82) is 0 Å². The highest BCUT2D eigenvalue weighted by molar-refractivity contribution is 6.06. The van der Waals surface area contributed by atoms with Crippen molar-refractivity contribution in [2.45, 2.75) is 19.9 Å². The Labute approximate surface area is 154 Å². The summed E-state index contributed by atoms with van der Waals surface area (Å²) in [5.74, 6) is -1.47. The highest BCUT2D eigenvalue weighted by atomic mass is 19.1. The molecule has 142 valence electrons. The first kappa shape index (κ1) is 18.6. The summed E-state index contributed by atoms with van der Waals surface area (Å²) in [6.07, 6.45) is 0. The van der Waals surface area contributed by atoms with Crippen molar-refractivity contribution in [3.8, 4) is 0 Å². The second-order valence-electron chi connectivity index (χ2n) is 6.30. The molecule has 7 nitrogen and oxygen atoms in total. The largest absolute Gasteiger partial charge is 0.360 e. The molecule has 3 rings (SSSR count). The number of nitrogens with zero attached hydrogens (tertiary/aromatic N) is 3. The number of amides is 3. The van der Waals surface area contributed by atoms with Gasteiger partial charge in [-0.05, 0) is 19.9 Å². The van der Waals surface area contributed by atoms with E-state index in [-0.39, 0.29) is 17.0 Å². The van der Waals surface area contributed by atoms with Gasteiger partial charge in [0.1, 0.15) is 17.4 Å². The summed E-state index contributed by atoms with van der Waals surface area (Å²) in [7, 11) is 2.96. The third-order valence-electron chi connectivity index (χ3n) is 4.51. The summed E-state index contributed by atoms with van der Waals surface area (Å²) < 4.78 is 32.7. The Morgan fingerprint density at radius 3 is 2.52 bits per heavy atom. The molecule has 1 aliphatic rings. The lowest BCUT2D eigenvalue weighted by Gasteiger charge is -2.39. The maximum absolute atomic E-state index is 14.5. The average Bonchev–Trinajstić information content (AvgIpc) is 3.01. The maximum atomic E-state index is 14.5. The number of allylic oxidation sites excluding steroid dienone is 1. The first-order valence-corrected chi connectivity index (χ1v) is 8.11. The van der Waals surface area contributed by atoms with Gasteiger partial charge in [-0.25, -0.2) is 13.6 Å². The fraction of sp³-hybridized carbons (Fsp3) is 0.278. The minimum atomic E-state index is -1.03. The Bertz CT molecular complexity index is 954. The van der Waals surface area contributed by atoms with E-state index in [9.17, 15) is 18.4 Å². The quantitative estimate of drug-likeness (QED) is 0.892. The van der Waals surface area contributed by atoms with Crippen molar-refractivity contribution in [2.75, 3.05) is 19.4 Å². The summed E-state index contributed by atoms with van der Waals surface area (Å²) in [6, 6.07) is 3.12. The number of nitrogens with one attached hydrogen (secondary N) is 1. The number of rotatable bonds is 3. The minimum absolute atomic E-state index is 0.0150. The van der Waals surface area contributed by atoms with Gasteiger partial charge < -0.3 is 19.6 Å². The summed E-state index contributed by atoms with van der Waals surface area (Å²) in [5.41, 5.74) is 0.511. The fourth-order valence-electron chi connectivity index (χ4n) is 3.05. The van der Waals surface area contributed by atoms with Gasteiger partial charge in [-0.2, -0.15) is 0 Å². The lowest BCUT2D eigenvalue weighted by Crippen LogP contribution is -2.48. The second-order valence-corrected chi connectivity index (χ2v) is 6.30. The molecule has 0 fully saturated rings. The number of likely N-dealkylation sites (N-methyl/N-ethyl adjacent to an activating group) is 1. The van der Waals surface area contributed by atoms with E-state index in [0.717, 1.165) is 12.1 Å². The molecule has 1 N–H and O–H groups in total. The Kier molecular flexibility index (Phi) is 4.69. The predicted octanol–water partition coefficient (Wildman–Crippen LogP) is 3.21. The fourth-order valence-corrected chi connectivity index (χ4v) is 3.05. The van der Waals surface area contributed by atoms with Crippen LogP contribution in [0.1, 0.15) is 24.3 Å². The van der Waals surface area contributed by atoms with Crippen LogP contribution in [-0.4, -0.2) is 41.0 Å². The van der Waals surface area contributed by atoms with E-state index in [1.807, 2.05) is 0 Å². The number of anilines is 1. The van der Waals surface area contributed by atoms with Crippen molar-refractivity contribution in [2.24, 2.45) is 0 Å². The first-order valence-electron chi connectivity index (χ1n) is 8.11. The van der Waals surface area contributed by atoms with E-state index in [1.165, 1.54) is 36.0 Å². The number of carbonyl (C=O) groups is 2. The van der Waals surface area contributed by atoms with E-state index in [4.69, 9.17) is 4.52 Å². The number of hydrogen-bond donors (Lipinski definition) is 1. The molecule has 0 saturated heterocycles. The monoisotopic (exact) mass is 376 g/mol. The molecule has 0 bridgehead atoms. The molecule has 0 radical (unpaired) electrons. The zero-order chi connectivity index (χ0) is 19.9. The molecule has 2 heterocycles. The molecule has 9 heteroatoms. The van der Waals surface area contributed by atoms with Crippen LogP contribution in [0.25, 0.3) is 0 Å². The second kappa shape index (κ2) is 6.82. The standard InChI is InChI=1S/C18H18F2N4O3/c1-9-7-14(22-27-9)21-17(25)15-10(2)23(3)18(26)24(4)16(15)12-6-5-11(19)8-13(12)20/h5-8,16H,1-4H3,(H,21,22,25)/t16-/m0/s1. The molecule has 1 aromatic carbocycles. The summed E-state index contributed by atoms with van der Waals surface area (Å²) in [4.78, 5) is 27.9. The normalized spacial score (nSPS) is 17.6. The zero-order valence-electron chi connectivity index (χ0n) is 15.2. The first-order chi connectivity index (χ1) is 12.7. The van der Waals surface area contributed by atoms with Gasteiger partial charge in [0.25, 0.3) is 5.91 Å². The summed E-state index contributed by atoms with van der Waals surface area (Å²) >= 11 is 0. The molecular formula is C18H18F2N4O3. The highest BCUT2D eigenvalue weighted by Crippen LogP contribution is 2.37. The Balaban J connectivity index is 2.09. The topological polar surface area (TPSA) is 78.7 Å². The van der Waals surface area contributed by atoms with E-state index in [0.29, 0.717) is 11.5 Å². The van der Waals surface area contributed by atoms with E-state index >= 15 is 0 Å². The van der Waals surface area contributed by atoms with Gasteiger partial charge in [-0.3, -0.25) is 4.79 Å². The molecule has 1 aromatic heterocycles. The Morgan fingerprint density at radius 1 is 1.22 bits per heavy atom. The number of aromatic nitrogens is 1. The van der Waals surface area contributed by atoms with Crippen LogP contribution in [0.15, 0.2) is 40.1 Å². The predicted molar refractivity (Wildman–Crippen MR) is 92.6 cm³/mol. The van der Waals surface area contributed by atoms with Crippen LogP contribution in [0.2, 0.25) is 0 Å². The molecule has 0 spiro atoms. The van der Waals surface area contributed by atoms with Crippen LogP contribution in [-0.2, 0) is 4.79 Å². The summed E-state index contributed by atoms with van der Waals surface area (Å²) in [5, 5.41) is 6.29. The zero-order valence-corrected chi connectivity index (χ0v) is 15.2. The van der Waals surface area contributed by atoms with Crippen molar-refractivity contribution in [3.05, 3.63) is 58.5 Å². The molecule has 0 saturated carbocycles. The van der Waals surface area contributed by atoms with Crippen molar-refractivity contribution in [3.63, 3.8) is 0 Å². The third-order valence-corrected chi connectivity index (χ3v) is 4.51. The average molecular weight is 376 g/mol. The molecule has 3 amide bonds. The Morgan fingerprint density at radius 2 is 1.93 bits per heavy atom. The SMILES string of the molecule is CC1=C(C(=O)Nc2cc(C)on2)[C@H](c2ccc(F)cc2F)N(C)C(=O)N1C. The van der Waals surface area contributed by atoms with Gasteiger partial charge in [0.15, 0.2) is 5.82 Å². The molecule has 1 atom stereocenters. The van der Waals surface area contributed by atoms with Gasteiger partial charge in [0.05, 0.1) is 11.6 Å². The highest BCUT2D eigenvalue weighted by Gasteiger charge is 2.39. The van der Waals surface area contributed by atoms with Crippen molar-refractivity contribution in [1.82, 2.24) is 15.0 Å². The molecule has 0 unspecified atom stereocenters. The molecular weight excluding hydrogens is 358 g/mol. The lowest BCUT2D eigenvalue weighted by atomic mass is 9.92. The number of carbonyl (C=O) groups excluding carboxylic acids is 2. The number of hydrogen-bond acceptors (Lipinski definition) is 4. The Hall–Kier alpha value is -3.23. The van der Waals surface area contributed by atoms with Gasteiger partial charge >= 0.3 is 6.03 Å². The lowest BCUT2D eigenvalue weighted by molar-refractivity contribution is -0.113. The number of urea groups is 1. The van der Waals surface area contributed by atoms with Crippen LogP contribution in [0.5, 0.6) is 0 Å². The van der Waals surface area contributed by atoms with Gasteiger partial charge in [-0.15, -0.1) is 0 Å². The molecule has 27 heavy (non-hydrogen) atoms. The van der Waals surface area contributed by atoms with E-state index in [1.54, 1.807) is 13.8 Å². The summed E-state index contributed by atoms with van der Waals surface area (Å²) in [6.45, 7) is 3.26. The minimum Gasteiger partial charge on any atom is -0.360 e. The van der Waals surface area contributed by atoms with Gasteiger partial charge in [0, 0.05) is 37.5 Å². The van der Waals surface area contributed by atoms with Crippen molar-refractivity contribution < 1.29 is 22.9 Å². The van der Waals surface area contributed by atoms with E-state index < -0.39 is 29.6 Å². The van der Waals surface area contributed by atoms with Crippen LogP contribution in [0.4, 0.5) is 19.4 Å². The smallest absolute Gasteiger partial charge is 0.324 e. The van der Waals surface area contributed by atoms with E-state index in [2.05, 4.69) is 10.5 Å². The number of aryl methyl sites for hydroxylation is 1. The van der Waals surface area contributed by atoms with Crippen molar-refractivity contribution >= 4 is 17.8 Å². The number of benzene rings is 1. The van der Waals surface area contributed by atoms with Gasteiger partial charge in [0.2, 0.25) is 0 Å². The maximum Gasteiger partial charge on any atom is 0.324 e. The van der Waals surface area contributed by atoms with Crippen LogP contribution in [0.3, 0.4) is 0 Å². The van der Waals surface area contributed by atoms with Gasteiger partial charge in [-0.1, -0.05) is 11.2 Å². The van der Waals surface area contributed by atoms with Crippen LogP contribution >= 0.6 is 0 Å². The molecule has 2 aromatic rings. The number of halogens is 2. The van der Waals surface area contributed by atoms with Crippen LogP contribution in [0, 0.1) is 18.6 Å². The molecule has 1 aliphatic heterocycles. The third kappa shape index (κ3) is 3.27. The van der Waals surface area contributed by atoms with Crippen LogP contribution < -0.4 is 5.32 Å².